The van der Waals surface area contributed by atoms with Crippen LogP contribution < -0.4 is 37.6 Å². The highest BCUT2D eigenvalue weighted by Crippen LogP contribution is 2.23. The van der Waals surface area contributed by atoms with Crippen LogP contribution in [0.1, 0.15) is 48.0 Å². The first-order valence-corrected chi connectivity index (χ1v) is 19.5. The molecule has 2 atom stereocenters. The second-order valence-electron chi connectivity index (χ2n) is 12.8. The van der Waals surface area contributed by atoms with E-state index in [1.807, 2.05) is 12.5 Å². The number of carbonyl (C=O) groups is 9. The lowest BCUT2D eigenvalue weighted by Gasteiger charge is -2.27. The van der Waals surface area contributed by atoms with Crippen LogP contribution in [0.5, 0.6) is 0 Å². The lowest BCUT2D eigenvalue weighted by Crippen LogP contribution is -2.49. The van der Waals surface area contributed by atoms with Crippen LogP contribution in [0.3, 0.4) is 0 Å². The van der Waals surface area contributed by atoms with E-state index in [0.29, 0.717) is 56.6 Å². The third-order valence-corrected chi connectivity index (χ3v) is 8.61. The summed E-state index contributed by atoms with van der Waals surface area (Å²) in [4.78, 5) is 107. The Bertz CT molecular complexity index is 1670. The Labute approximate surface area is 335 Å². The molecule has 2 aliphatic rings. The van der Waals surface area contributed by atoms with Gasteiger partial charge < -0.3 is 52.7 Å². The average molecular weight is 876 g/mol. The second-order valence-corrected chi connectivity index (χ2v) is 15.0. The molecule has 1 aromatic rings. The second kappa shape index (κ2) is 24.3. The Kier molecular flexibility index (Phi) is 21.2. The topological polar surface area (TPSA) is 296 Å². The Hall–Kier alpha value is -5.66. The van der Waals surface area contributed by atoms with Crippen LogP contribution in [-0.2, 0) is 55.0 Å². The molecule has 3 rings (SSSR count). The molecule has 2 heterocycles. The van der Waals surface area contributed by atoms with Crippen molar-refractivity contribution < 1.29 is 79.7 Å². The van der Waals surface area contributed by atoms with Crippen molar-refractivity contribution in [1.29, 1.82) is 0 Å². The molecule has 7 amide bonds. The summed E-state index contributed by atoms with van der Waals surface area (Å²) in [6, 6.07) is 3.48. The molecule has 1 saturated heterocycles. The number of benzene rings is 1. The molecule has 0 aromatic heterocycles. The van der Waals surface area contributed by atoms with E-state index < -0.39 is 85.5 Å². The number of nitrogens with zero attached hydrogens (tertiary/aromatic N) is 1. The maximum Gasteiger partial charge on any atom is 0.490 e. The van der Waals surface area contributed by atoms with E-state index in [1.165, 1.54) is 4.90 Å². The number of amides is 7. The van der Waals surface area contributed by atoms with Gasteiger partial charge in [-0.2, -0.15) is 26.3 Å². The number of carboxylic acid groups (broad SMARTS) is 2. The zero-order chi connectivity index (χ0) is 45.1. The van der Waals surface area contributed by atoms with Crippen LogP contribution in [0.4, 0.5) is 32.0 Å². The summed E-state index contributed by atoms with van der Waals surface area (Å²) < 4.78 is 63.5. The van der Waals surface area contributed by atoms with E-state index in [1.54, 1.807) is 18.2 Å². The number of aliphatic carboxylic acids is 2. The molecular formula is C33H45F6N8O11S+. The van der Waals surface area contributed by atoms with Crippen LogP contribution in [0, 0.1) is 0 Å². The molecule has 26 heteroatoms. The van der Waals surface area contributed by atoms with Gasteiger partial charge in [-0.15, -0.1) is 0 Å². The summed E-state index contributed by atoms with van der Waals surface area (Å²) in [7, 11) is -0.0528. The average Bonchev–Trinajstić information content (AvgIpc) is 3.64. The molecule has 330 valence electrons. The predicted molar refractivity (Wildman–Crippen MR) is 196 cm³/mol. The lowest BCUT2D eigenvalue weighted by molar-refractivity contribution is -0.193. The van der Waals surface area contributed by atoms with Gasteiger partial charge in [0.1, 0.15) is 11.8 Å². The van der Waals surface area contributed by atoms with Gasteiger partial charge in [0.25, 0.3) is 5.91 Å². The molecular weight excluding hydrogens is 830 g/mol. The maximum atomic E-state index is 13.3. The summed E-state index contributed by atoms with van der Waals surface area (Å²) in [5.41, 5.74) is 7.58. The van der Waals surface area contributed by atoms with E-state index in [-0.39, 0.29) is 34.8 Å². The van der Waals surface area contributed by atoms with Gasteiger partial charge in [0.2, 0.25) is 35.4 Å². The molecule has 0 aliphatic carbocycles. The maximum absolute atomic E-state index is 13.3. The van der Waals surface area contributed by atoms with Crippen molar-refractivity contribution in [3.05, 3.63) is 29.3 Å². The predicted octanol–water partition coefficient (Wildman–Crippen LogP) is -1.03. The summed E-state index contributed by atoms with van der Waals surface area (Å²) in [6.45, 7) is -0.804. The quantitative estimate of drug-likeness (QED) is 0.127. The first-order valence-electron chi connectivity index (χ1n) is 17.3. The van der Waals surface area contributed by atoms with Crippen LogP contribution in [0.15, 0.2) is 18.2 Å². The van der Waals surface area contributed by atoms with Gasteiger partial charge in [0, 0.05) is 29.9 Å². The van der Waals surface area contributed by atoms with Crippen LogP contribution >= 0.6 is 0 Å². The van der Waals surface area contributed by atoms with E-state index in [0.717, 1.165) is 5.56 Å². The lowest BCUT2D eigenvalue weighted by atomic mass is 10.1. The Balaban J connectivity index is 0.00000106. The number of carbonyl (C=O) groups excluding carboxylic acids is 7. The molecule has 0 saturated carbocycles. The highest BCUT2D eigenvalue weighted by atomic mass is 32.2. The van der Waals surface area contributed by atoms with Crippen molar-refractivity contribution in [3.8, 4) is 0 Å². The Morgan fingerprint density at radius 1 is 0.746 bits per heavy atom. The monoisotopic (exact) mass is 875 g/mol. The number of nitrogens with one attached hydrogen (secondary N) is 6. The third-order valence-electron chi connectivity index (χ3n) is 7.72. The number of alkyl halides is 6. The van der Waals surface area contributed by atoms with Crippen molar-refractivity contribution >= 4 is 69.9 Å². The summed E-state index contributed by atoms with van der Waals surface area (Å²) in [5.74, 6) is -8.43. The zero-order valence-electron chi connectivity index (χ0n) is 31.6. The number of rotatable bonds is 2. The summed E-state index contributed by atoms with van der Waals surface area (Å²) in [5, 5.41) is 29.4. The van der Waals surface area contributed by atoms with Gasteiger partial charge in [0.15, 0.2) is 0 Å². The first-order chi connectivity index (χ1) is 27.3. The standard InChI is InChI=1S/C29H42N8O7S.2C2HF3O2/c1-45(2)17-18-8-9-19-12-20(18)27(42)35-16-26(41)34-15-25(40)33-14-24(39)32-13-23(38)31-10-4-3-6-21(30)29(44)37-11-5-7-22(37)28(43)36-19;2*3-2(4,5)1(6)7/h8-9,12,21-22H,3-7,10-11,13-17,30H2,1-2H3,(H5-,31,32,33,34,35,36,38,39,40,41,42,43);2*(H,6,7)/p+1/t21-,22-;;/m0../s1. The fraction of sp³-hybridized carbons (Fsp3) is 0.545. The fourth-order valence-electron chi connectivity index (χ4n) is 4.93. The summed E-state index contributed by atoms with van der Waals surface area (Å²) in [6.07, 6.45) is -3.52. The van der Waals surface area contributed by atoms with Crippen molar-refractivity contribution in [3.63, 3.8) is 0 Å². The van der Waals surface area contributed by atoms with Gasteiger partial charge in [-0.3, -0.25) is 33.6 Å². The molecule has 1 fully saturated rings. The molecule has 0 radical (unpaired) electrons. The highest BCUT2D eigenvalue weighted by molar-refractivity contribution is 7.94. The first kappa shape index (κ1) is 51.4. The van der Waals surface area contributed by atoms with E-state index in [2.05, 4.69) is 31.9 Å². The van der Waals surface area contributed by atoms with Crippen molar-refractivity contribution in [2.45, 2.75) is 62.3 Å². The van der Waals surface area contributed by atoms with Crippen molar-refractivity contribution in [2.75, 3.05) is 57.1 Å². The van der Waals surface area contributed by atoms with Gasteiger partial charge in [-0.05, 0) is 55.1 Å². The van der Waals surface area contributed by atoms with E-state index in [4.69, 9.17) is 25.5 Å². The minimum Gasteiger partial charge on any atom is -0.475 e. The Morgan fingerprint density at radius 3 is 1.69 bits per heavy atom. The smallest absolute Gasteiger partial charge is 0.475 e. The fourth-order valence-corrected chi connectivity index (χ4v) is 5.80. The van der Waals surface area contributed by atoms with E-state index >= 15 is 0 Å². The minimum atomic E-state index is -5.08. The molecule has 0 spiro atoms. The molecule has 2 aliphatic heterocycles. The van der Waals surface area contributed by atoms with Gasteiger partial charge in [-0.25, -0.2) is 9.59 Å². The molecule has 10 N–H and O–H groups in total. The normalized spacial score (nSPS) is 19.7. The van der Waals surface area contributed by atoms with Crippen LogP contribution in [-0.4, -0.2) is 145 Å². The third kappa shape index (κ3) is 20.0. The number of nitrogens with two attached hydrogens (primary N) is 1. The zero-order valence-corrected chi connectivity index (χ0v) is 32.5. The largest absolute Gasteiger partial charge is 0.490 e. The molecule has 59 heavy (non-hydrogen) atoms. The van der Waals surface area contributed by atoms with Gasteiger partial charge in [-0.1, -0.05) is 6.07 Å². The van der Waals surface area contributed by atoms with E-state index in [9.17, 15) is 59.9 Å². The number of carboxylic acids is 2. The van der Waals surface area contributed by atoms with Crippen molar-refractivity contribution in [1.82, 2.24) is 31.5 Å². The number of anilines is 1. The summed E-state index contributed by atoms with van der Waals surface area (Å²) >= 11 is 0. The molecule has 1 aromatic carbocycles. The van der Waals surface area contributed by atoms with Gasteiger partial charge in [0.05, 0.1) is 44.7 Å². The SMILES string of the molecule is C[S+](C)Cc1ccc2cc1C(=O)NCC(=O)NCC(=O)NCC(=O)NCC(=O)NCCCC[C@H](N)C(=O)N1CCC[C@H]1C(=O)N2.O=C(O)C(F)(F)F.O=C(O)C(F)(F)F. The van der Waals surface area contributed by atoms with Crippen LogP contribution in [0.25, 0.3) is 0 Å². The molecule has 0 unspecified atom stereocenters. The number of hydrogen-bond donors (Lipinski definition) is 9. The van der Waals surface area contributed by atoms with Crippen molar-refractivity contribution in [2.24, 2.45) is 5.73 Å². The molecule has 2 bridgehead atoms. The number of hydrogen-bond acceptors (Lipinski definition) is 10. The van der Waals surface area contributed by atoms with Crippen LogP contribution in [0.2, 0.25) is 0 Å². The number of halogens is 6. The number of fused-ring (bicyclic) bond motifs is 3. The highest BCUT2D eigenvalue weighted by Gasteiger charge is 2.39. The van der Waals surface area contributed by atoms with Gasteiger partial charge >= 0.3 is 24.3 Å². The molecule has 19 nitrogen and oxygen atoms in total. The Morgan fingerprint density at radius 2 is 1.22 bits per heavy atom. The minimum absolute atomic E-state index is 0.0528.